The van der Waals surface area contributed by atoms with Crippen molar-refractivity contribution in [2.24, 2.45) is 0 Å². The minimum absolute atomic E-state index is 0.0429. The van der Waals surface area contributed by atoms with E-state index in [-0.39, 0.29) is 5.43 Å². The van der Waals surface area contributed by atoms with Crippen molar-refractivity contribution in [1.29, 1.82) is 0 Å². The molecule has 0 amide bonds. The van der Waals surface area contributed by atoms with Gasteiger partial charge in [-0.2, -0.15) is 0 Å². The van der Waals surface area contributed by atoms with Crippen LogP contribution in [0.3, 0.4) is 0 Å². The molecule has 0 saturated carbocycles. The minimum atomic E-state index is 0.0429. The van der Waals surface area contributed by atoms with Crippen LogP contribution < -0.4 is 16.1 Å². The molecule has 4 nitrogen and oxygen atoms in total. The zero-order valence-corrected chi connectivity index (χ0v) is 17.1. The van der Waals surface area contributed by atoms with Crippen molar-refractivity contribution in [2.45, 2.75) is 13.0 Å². The first-order chi connectivity index (χ1) is 13.2. The Morgan fingerprint density at radius 1 is 1.04 bits per heavy atom. The second-order valence-corrected chi connectivity index (χ2v) is 8.53. The number of aromatic amines is 1. The summed E-state index contributed by atoms with van der Waals surface area (Å²) in [5.41, 5.74) is 0.906. The number of H-pyrrole nitrogens is 1. The summed E-state index contributed by atoms with van der Waals surface area (Å²) in [7, 11) is 0. The SMILES string of the molecule is O=c1cc(NCCCNCc2cc3ccc(Br)cc3s2)[nH]c2ccccc12. The predicted molar refractivity (Wildman–Crippen MR) is 119 cm³/mol. The molecule has 4 rings (SSSR count). The maximum Gasteiger partial charge on any atom is 0.191 e. The molecule has 0 aliphatic heterocycles. The molecule has 0 fully saturated rings. The Balaban J connectivity index is 1.25. The van der Waals surface area contributed by atoms with E-state index in [0.717, 1.165) is 47.2 Å². The Labute approximate surface area is 169 Å². The van der Waals surface area contributed by atoms with Gasteiger partial charge in [0.05, 0.1) is 5.52 Å². The van der Waals surface area contributed by atoms with Gasteiger partial charge in [-0.1, -0.05) is 34.1 Å². The van der Waals surface area contributed by atoms with Crippen LogP contribution in [0.5, 0.6) is 0 Å². The molecule has 3 N–H and O–H groups in total. The molecule has 138 valence electrons. The Morgan fingerprint density at radius 3 is 2.85 bits per heavy atom. The summed E-state index contributed by atoms with van der Waals surface area (Å²) < 4.78 is 2.43. The third-order valence-corrected chi connectivity index (χ3v) is 6.01. The normalized spacial score (nSPS) is 11.3. The highest BCUT2D eigenvalue weighted by molar-refractivity contribution is 9.10. The second kappa shape index (κ2) is 8.25. The number of anilines is 1. The summed E-state index contributed by atoms with van der Waals surface area (Å²) in [5.74, 6) is 0.772. The third-order valence-electron chi connectivity index (χ3n) is 4.42. The molecule has 2 aromatic heterocycles. The first-order valence-electron chi connectivity index (χ1n) is 8.94. The third kappa shape index (κ3) is 4.40. The van der Waals surface area contributed by atoms with Crippen LogP contribution in [-0.2, 0) is 6.54 Å². The van der Waals surface area contributed by atoms with Crippen molar-refractivity contribution in [3.05, 3.63) is 74.2 Å². The van der Waals surface area contributed by atoms with Crippen LogP contribution in [-0.4, -0.2) is 18.1 Å². The molecule has 0 saturated heterocycles. The van der Waals surface area contributed by atoms with Gasteiger partial charge in [0.1, 0.15) is 5.82 Å². The molecule has 0 aliphatic carbocycles. The van der Waals surface area contributed by atoms with Crippen LogP contribution in [0.2, 0.25) is 0 Å². The number of halogens is 1. The van der Waals surface area contributed by atoms with Gasteiger partial charge in [-0.3, -0.25) is 4.79 Å². The summed E-state index contributed by atoms with van der Waals surface area (Å²) in [6, 6.07) is 17.8. The lowest BCUT2D eigenvalue weighted by Gasteiger charge is -2.08. The molecule has 6 heteroatoms. The van der Waals surface area contributed by atoms with Crippen LogP contribution >= 0.6 is 27.3 Å². The first kappa shape index (κ1) is 18.2. The first-order valence-corrected chi connectivity index (χ1v) is 10.5. The van der Waals surface area contributed by atoms with Gasteiger partial charge in [0.15, 0.2) is 5.43 Å². The monoisotopic (exact) mass is 441 g/mol. The average Bonchev–Trinajstić information content (AvgIpc) is 3.06. The van der Waals surface area contributed by atoms with Crippen molar-refractivity contribution < 1.29 is 0 Å². The van der Waals surface area contributed by atoms with Crippen molar-refractivity contribution in [3.63, 3.8) is 0 Å². The number of rotatable bonds is 7. The van der Waals surface area contributed by atoms with Gasteiger partial charge in [-0.05, 0) is 48.7 Å². The molecule has 0 unspecified atom stereocenters. The van der Waals surface area contributed by atoms with Gasteiger partial charge in [0, 0.05) is 38.6 Å². The second-order valence-electron chi connectivity index (χ2n) is 6.44. The Hall–Kier alpha value is -2.15. The van der Waals surface area contributed by atoms with Crippen LogP contribution in [0.15, 0.2) is 63.9 Å². The summed E-state index contributed by atoms with van der Waals surface area (Å²) in [6.45, 7) is 2.60. The topological polar surface area (TPSA) is 56.9 Å². The highest BCUT2D eigenvalue weighted by Gasteiger charge is 2.03. The van der Waals surface area contributed by atoms with Gasteiger partial charge in [0.2, 0.25) is 0 Å². The minimum Gasteiger partial charge on any atom is -0.371 e. The van der Waals surface area contributed by atoms with E-state index in [1.165, 1.54) is 15.0 Å². The Kier molecular flexibility index (Phi) is 5.57. The van der Waals surface area contributed by atoms with E-state index < -0.39 is 0 Å². The molecule has 4 aromatic rings. The largest absolute Gasteiger partial charge is 0.371 e. The molecular formula is C21H20BrN3OS. The van der Waals surface area contributed by atoms with Gasteiger partial charge in [-0.25, -0.2) is 0 Å². The molecule has 0 radical (unpaired) electrons. The molecule has 27 heavy (non-hydrogen) atoms. The van der Waals surface area contributed by atoms with E-state index >= 15 is 0 Å². The number of pyridine rings is 1. The lowest BCUT2D eigenvalue weighted by atomic mass is 10.2. The summed E-state index contributed by atoms with van der Waals surface area (Å²) >= 11 is 5.35. The van der Waals surface area contributed by atoms with E-state index in [4.69, 9.17) is 0 Å². The number of para-hydroxylation sites is 1. The predicted octanol–water partition coefficient (Wildman–Crippen LogP) is 5.10. The van der Waals surface area contributed by atoms with Crippen LogP contribution in [0.4, 0.5) is 5.82 Å². The molecule has 0 bridgehead atoms. The number of thiophene rings is 1. The maximum absolute atomic E-state index is 12.1. The van der Waals surface area contributed by atoms with Gasteiger partial charge in [0.25, 0.3) is 0 Å². The lowest BCUT2D eigenvalue weighted by Crippen LogP contribution is -2.17. The lowest BCUT2D eigenvalue weighted by molar-refractivity contribution is 0.668. The fourth-order valence-corrected chi connectivity index (χ4v) is 4.67. The molecular weight excluding hydrogens is 422 g/mol. The highest BCUT2D eigenvalue weighted by Crippen LogP contribution is 2.28. The quantitative estimate of drug-likeness (QED) is 0.349. The molecule has 2 heterocycles. The molecule has 0 spiro atoms. The van der Waals surface area contributed by atoms with Crippen molar-refractivity contribution in [1.82, 2.24) is 10.3 Å². The zero-order valence-electron chi connectivity index (χ0n) is 14.7. The van der Waals surface area contributed by atoms with Crippen LogP contribution in [0.1, 0.15) is 11.3 Å². The summed E-state index contributed by atoms with van der Waals surface area (Å²) in [5, 5.41) is 8.81. The van der Waals surface area contributed by atoms with Crippen LogP contribution in [0, 0.1) is 0 Å². The van der Waals surface area contributed by atoms with Crippen molar-refractivity contribution >= 4 is 54.1 Å². The number of hydrogen-bond acceptors (Lipinski definition) is 4. The van der Waals surface area contributed by atoms with E-state index in [1.807, 2.05) is 35.6 Å². The number of fused-ring (bicyclic) bond motifs is 2. The Bertz CT molecular complexity index is 1140. The average molecular weight is 442 g/mol. The molecule has 0 atom stereocenters. The van der Waals surface area contributed by atoms with Crippen LogP contribution in [0.25, 0.3) is 21.0 Å². The summed E-state index contributed by atoms with van der Waals surface area (Å²) in [4.78, 5) is 16.7. The maximum atomic E-state index is 12.1. The fourth-order valence-electron chi connectivity index (χ4n) is 3.09. The fraction of sp³-hybridized carbons (Fsp3) is 0.190. The smallest absolute Gasteiger partial charge is 0.191 e. The number of nitrogens with one attached hydrogen (secondary N) is 3. The van der Waals surface area contributed by atoms with Gasteiger partial charge < -0.3 is 15.6 Å². The van der Waals surface area contributed by atoms with Gasteiger partial charge in [-0.15, -0.1) is 11.3 Å². The van der Waals surface area contributed by atoms with E-state index in [9.17, 15) is 4.79 Å². The van der Waals surface area contributed by atoms with Crippen molar-refractivity contribution in [2.75, 3.05) is 18.4 Å². The summed E-state index contributed by atoms with van der Waals surface area (Å²) in [6.07, 6.45) is 0.977. The standard InChI is InChI=1S/C21H20BrN3OS/c22-15-7-6-14-10-16(27-20(14)11-15)13-23-8-3-9-24-21-12-19(26)17-4-1-2-5-18(17)25-21/h1-2,4-7,10-12,23H,3,8-9,13H2,(H2,24,25,26). The van der Waals surface area contributed by atoms with Gasteiger partial charge >= 0.3 is 0 Å². The van der Waals surface area contributed by atoms with E-state index in [1.54, 1.807) is 6.07 Å². The molecule has 0 aliphatic rings. The highest BCUT2D eigenvalue weighted by atomic mass is 79.9. The number of benzene rings is 2. The van der Waals surface area contributed by atoms with Crippen molar-refractivity contribution in [3.8, 4) is 0 Å². The van der Waals surface area contributed by atoms with E-state index in [0.29, 0.717) is 0 Å². The Morgan fingerprint density at radius 2 is 1.93 bits per heavy atom. The number of aromatic nitrogens is 1. The molecule has 2 aromatic carbocycles. The number of hydrogen-bond donors (Lipinski definition) is 3. The van der Waals surface area contributed by atoms with E-state index in [2.05, 4.69) is 55.8 Å². The zero-order chi connectivity index (χ0) is 18.6.